The van der Waals surface area contributed by atoms with E-state index in [1.165, 1.54) is 11.0 Å². The standard InChI is InChI=1S/C44H53BrFN7O5/c1-28(30-10-8-12-33(45)23-30)47-42-35-25-39(57-3)40(26-37(35)48-29(2)49-42)58-21-7-5-4-6-15-51-17-19-52(20-18-51)16-9-11-31-22-32-27-53(44(56)34(32)24-36(31)46)38-13-14-41(54)50-43(38)55/h8,10,12,22-26,28,38H,4-7,9,11,13-21,27H2,1-3H3,(H,47,48,49)(H,50,54,55)/t28-,38?/m1/s1. The van der Waals surface area contributed by atoms with Gasteiger partial charge in [0.2, 0.25) is 11.8 Å². The number of imide groups is 1. The van der Waals surface area contributed by atoms with Crippen molar-refractivity contribution in [2.45, 2.75) is 83.8 Å². The summed E-state index contributed by atoms with van der Waals surface area (Å²) in [5.41, 5.74) is 3.62. The number of halogens is 2. The lowest BCUT2D eigenvalue weighted by molar-refractivity contribution is -0.136. The molecule has 2 fully saturated rings. The number of carbonyl (C=O) groups excluding carboxylic acids is 3. The Bertz CT molecular complexity index is 2150. The molecule has 0 spiro atoms. The summed E-state index contributed by atoms with van der Waals surface area (Å²) in [6.07, 6.45) is 6.21. The van der Waals surface area contributed by atoms with Crippen LogP contribution >= 0.6 is 15.9 Å². The van der Waals surface area contributed by atoms with E-state index in [0.29, 0.717) is 41.5 Å². The average molecular weight is 859 g/mol. The Kier molecular flexibility index (Phi) is 13.6. The molecule has 2 atom stereocenters. The van der Waals surface area contributed by atoms with E-state index < -0.39 is 11.9 Å². The van der Waals surface area contributed by atoms with Crippen molar-refractivity contribution < 1.29 is 28.2 Å². The summed E-state index contributed by atoms with van der Waals surface area (Å²) in [7, 11) is 1.66. The van der Waals surface area contributed by atoms with Gasteiger partial charge >= 0.3 is 0 Å². The molecule has 2 N–H and O–H groups in total. The maximum absolute atomic E-state index is 15.1. The number of nitrogens with zero attached hydrogens (tertiary/aromatic N) is 5. The highest BCUT2D eigenvalue weighted by atomic mass is 79.9. The number of fused-ring (bicyclic) bond motifs is 2. The highest BCUT2D eigenvalue weighted by Gasteiger charge is 2.39. The molecule has 1 unspecified atom stereocenters. The predicted octanol–water partition coefficient (Wildman–Crippen LogP) is 6.97. The van der Waals surface area contributed by atoms with Gasteiger partial charge in [0, 0.05) is 60.6 Å². The van der Waals surface area contributed by atoms with E-state index in [-0.39, 0.29) is 43.1 Å². The van der Waals surface area contributed by atoms with Crippen molar-refractivity contribution >= 4 is 50.4 Å². The number of ether oxygens (including phenoxy) is 2. The average Bonchev–Trinajstić information content (AvgIpc) is 3.51. The summed E-state index contributed by atoms with van der Waals surface area (Å²) >= 11 is 3.57. The van der Waals surface area contributed by atoms with Crippen LogP contribution in [-0.2, 0) is 22.6 Å². The van der Waals surface area contributed by atoms with Gasteiger partial charge in [-0.2, -0.15) is 0 Å². The van der Waals surface area contributed by atoms with Crippen molar-refractivity contribution in [1.29, 1.82) is 0 Å². The minimum absolute atomic E-state index is 0.0364. The van der Waals surface area contributed by atoms with Gasteiger partial charge in [-0.15, -0.1) is 0 Å². The third-order valence-corrected chi connectivity index (χ3v) is 12.0. The molecule has 12 nitrogen and oxygen atoms in total. The molecule has 58 heavy (non-hydrogen) atoms. The number of piperazine rings is 1. The molecular formula is C44H53BrFN7O5. The number of amides is 3. The smallest absolute Gasteiger partial charge is 0.255 e. The van der Waals surface area contributed by atoms with Gasteiger partial charge in [-0.1, -0.05) is 47.0 Å². The molecule has 0 bridgehead atoms. The third-order valence-electron chi connectivity index (χ3n) is 11.5. The van der Waals surface area contributed by atoms with Crippen molar-refractivity contribution in [1.82, 2.24) is 30.0 Å². The molecule has 7 rings (SSSR count). The number of aromatic nitrogens is 2. The highest BCUT2D eigenvalue weighted by Crippen LogP contribution is 2.36. The third kappa shape index (κ3) is 9.95. The van der Waals surface area contributed by atoms with E-state index in [1.807, 2.05) is 31.2 Å². The van der Waals surface area contributed by atoms with Crippen LogP contribution in [0, 0.1) is 12.7 Å². The summed E-state index contributed by atoms with van der Waals surface area (Å²) in [5, 5.41) is 6.75. The van der Waals surface area contributed by atoms with Gasteiger partial charge in [-0.3, -0.25) is 19.7 Å². The van der Waals surface area contributed by atoms with Gasteiger partial charge in [0.1, 0.15) is 23.5 Å². The topological polar surface area (TPSA) is 129 Å². The fourth-order valence-corrected chi connectivity index (χ4v) is 8.65. The van der Waals surface area contributed by atoms with Crippen LogP contribution in [0.5, 0.6) is 11.5 Å². The molecule has 0 radical (unpaired) electrons. The Labute approximate surface area is 348 Å². The van der Waals surface area contributed by atoms with Crippen LogP contribution in [0.25, 0.3) is 10.9 Å². The fraction of sp³-hybridized carbons (Fsp3) is 0.477. The van der Waals surface area contributed by atoms with Crippen molar-refractivity contribution in [2.75, 3.05) is 58.3 Å². The Morgan fingerprint density at radius 1 is 0.948 bits per heavy atom. The molecule has 0 saturated carbocycles. The zero-order valence-electron chi connectivity index (χ0n) is 33.6. The summed E-state index contributed by atoms with van der Waals surface area (Å²) in [4.78, 5) is 52.8. The molecule has 0 aliphatic carbocycles. The Morgan fingerprint density at radius 2 is 1.71 bits per heavy atom. The summed E-state index contributed by atoms with van der Waals surface area (Å²) in [6, 6.07) is 14.6. The lowest BCUT2D eigenvalue weighted by Gasteiger charge is -2.34. The van der Waals surface area contributed by atoms with Crippen LogP contribution in [0.3, 0.4) is 0 Å². The van der Waals surface area contributed by atoms with Crippen LogP contribution < -0.4 is 20.1 Å². The molecular weight excluding hydrogens is 805 g/mol. The van der Waals surface area contributed by atoms with Crippen LogP contribution in [0.1, 0.15) is 90.8 Å². The van der Waals surface area contributed by atoms with Crippen molar-refractivity contribution in [3.8, 4) is 11.5 Å². The van der Waals surface area contributed by atoms with Crippen molar-refractivity contribution in [3.63, 3.8) is 0 Å². The lowest BCUT2D eigenvalue weighted by atomic mass is 10.0. The maximum atomic E-state index is 15.1. The molecule has 308 valence electrons. The minimum atomic E-state index is -0.702. The van der Waals surface area contributed by atoms with Gasteiger partial charge in [0.05, 0.1) is 25.3 Å². The van der Waals surface area contributed by atoms with E-state index in [4.69, 9.17) is 19.4 Å². The van der Waals surface area contributed by atoms with Crippen molar-refractivity contribution in [2.24, 2.45) is 0 Å². The molecule has 3 amide bonds. The SMILES string of the molecule is COc1cc2c(N[C@H](C)c3cccc(Br)c3)nc(C)nc2cc1OCCCCCCN1CCN(CCCc2cc3c(cc2F)C(=O)N(C2CCC(=O)NC2=O)C3)CC1. The zero-order chi connectivity index (χ0) is 40.8. The number of nitrogens with one attached hydrogen (secondary N) is 2. The van der Waals surface area contributed by atoms with Crippen LogP contribution in [0.2, 0.25) is 0 Å². The Balaban J connectivity index is 0.792. The van der Waals surface area contributed by atoms with Crippen molar-refractivity contribution in [3.05, 3.63) is 86.9 Å². The summed E-state index contributed by atoms with van der Waals surface area (Å²) < 4.78 is 28.1. The molecule has 4 aromatic rings. The number of methoxy groups -OCH3 is 1. The van der Waals surface area contributed by atoms with Crippen LogP contribution in [0.4, 0.5) is 10.2 Å². The minimum Gasteiger partial charge on any atom is -0.493 e. The number of piperidine rings is 1. The van der Waals surface area contributed by atoms with Gasteiger partial charge in [-0.05, 0) is 100.0 Å². The van der Waals surface area contributed by atoms with E-state index in [0.717, 1.165) is 104 Å². The lowest BCUT2D eigenvalue weighted by Crippen LogP contribution is -2.52. The second-order valence-corrected chi connectivity index (χ2v) is 16.5. The maximum Gasteiger partial charge on any atom is 0.255 e. The van der Waals surface area contributed by atoms with Crippen LogP contribution in [0.15, 0.2) is 53.0 Å². The number of hydrogen-bond acceptors (Lipinski definition) is 10. The molecule has 3 aromatic carbocycles. The first-order valence-electron chi connectivity index (χ1n) is 20.5. The Morgan fingerprint density at radius 3 is 2.45 bits per heavy atom. The van der Waals surface area contributed by atoms with Crippen LogP contribution in [-0.4, -0.2) is 101 Å². The number of anilines is 1. The monoisotopic (exact) mass is 857 g/mol. The molecule has 3 aliphatic heterocycles. The number of benzene rings is 3. The van der Waals surface area contributed by atoms with E-state index in [2.05, 4.69) is 55.4 Å². The first kappa shape index (κ1) is 41.5. The molecule has 14 heteroatoms. The van der Waals surface area contributed by atoms with Gasteiger partial charge in [0.15, 0.2) is 11.5 Å². The Hall–Kier alpha value is -4.66. The molecule has 2 saturated heterocycles. The first-order chi connectivity index (χ1) is 28.1. The summed E-state index contributed by atoms with van der Waals surface area (Å²) in [6.45, 7) is 10.9. The number of carbonyl (C=O) groups is 3. The number of hydrogen-bond donors (Lipinski definition) is 2. The first-order valence-corrected chi connectivity index (χ1v) is 21.3. The number of rotatable bonds is 17. The molecule has 4 heterocycles. The predicted molar refractivity (Wildman–Crippen MR) is 225 cm³/mol. The van der Waals surface area contributed by atoms with E-state index in [1.54, 1.807) is 13.2 Å². The van der Waals surface area contributed by atoms with Gasteiger partial charge < -0.3 is 29.5 Å². The van der Waals surface area contributed by atoms with E-state index >= 15 is 4.39 Å². The highest BCUT2D eigenvalue weighted by molar-refractivity contribution is 9.10. The van der Waals surface area contributed by atoms with Gasteiger partial charge in [0.25, 0.3) is 5.91 Å². The quantitative estimate of drug-likeness (QED) is 0.0849. The molecule has 1 aromatic heterocycles. The normalized spacial score (nSPS) is 18.1. The number of aryl methyl sites for hydroxylation is 2. The summed E-state index contributed by atoms with van der Waals surface area (Å²) in [5.74, 6) is 1.27. The van der Waals surface area contributed by atoms with E-state index in [9.17, 15) is 14.4 Å². The number of unbranched alkanes of at least 4 members (excludes halogenated alkanes) is 3. The zero-order valence-corrected chi connectivity index (χ0v) is 35.2. The molecule has 3 aliphatic rings. The second-order valence-electron chi connectivity index (χ2n) is 15.6. The largest absolute Gasteiger partial charge is 0.493 e. The second kappa shape index (κ2) is 18.9. The fourth-order valence-electron chi connectivity index (χ4n) is 8.23. The van der Waals surface area contributed by atoms with Gasteiger partial charge in [-0.25, -0.2) is 14.4 Å².